The topological polar surface area (TPSA) is 49.4 Å². The minimum atomic E-state index is -0.473. The number of benzene rings is 2. The number of halogens is 1. The lowest BCUT2D eigenvalue weighted by Gasteiger charge is -2.31. The Labute approximate surface area is 194 Å². The molecule has 0 aliphatic heterocycles. The highest BCUT2D eigenvalue weighted by Crippen LogP contribution is 2.23. The van der Waals surface area contributed by atoms with Gasteiger partial charge < -0.3 is 10.2 Å². The summed E-state index contributed by atoms with van der Waals surface area (Å²) >= 11 is 7.43. The van der Waals surface area contributed by atoms with Gasteiger partial charge in [-0.15, -0.1) is 11.8 Å². The normalized spacial score (nSPS) is 14.9. The van der Waals surface area contributed by atoms with Crippen LogP contribution in [0.2, 0.25) is 5.02 Å². The van der Waals surface area contributed by atoms with Crippen LogP contribution in [-0.2, 0) is 16.1 Å². The maximum Gasteiger partial charge on any atom is 0.243 e. The molecular weight excluding hydrogens is 428 g/mol. The molecule has 4 nitrogen and oxygen atoms in total. The molecule has 0 saturated heterocycles. The van der Waals surface area contributed by atoms with Gasteiger partial charge in [-0.2, -0.15) is 0 Å². The van der Waals surface area contributed by atoms with Crippen LogP contribution in [0.15, 0.2) is 53.4 Å². The second-order valence-electron chi connectivity index (χ2n) is 8.17. The Morgan fingerprint density at radius 1 is 1.16 bits per heavy atom. The van der Waals surface area contributed by atoms with Crippen molar-refractivity contribution in [1.82, 2.24) is 10.2 Å². The molecule has 0 unspecified atom stereocenters. The summed E-state index contributed by atoms with van der Waals surface area (Å²) in [5, 5.41) is 3.86. The fourth-order valence-electron chi connectivity index (χ4n) is 4.05. The third kappa shape index (κ3) is 7.01. The summed E-state index contributed by atoms with van der Waals surface area (Å²) in [4.78, 5) is 29.2. The maximum atomic E-state index is 13.3. The van der Waals surface area contributed by atoms with Crippen molar-refractivity contribution in [3.63, 3.8) is 0 Å². The second-order valence-corrected chi connectivity index (χ2v) is 9.65. The van der Waals surface area contributed by atoms with E-state index in [-0.39, 0.29) is 23.6 Å². The quantitative estimate of drug-likeness (QED) is 0.497. The fraction of sp³-hybridized carbons (Fsp3) is 0.440. The predicted molar refractivity (Wildman–Crippen MR) is 128 cm³/mol. The van der Waals surface area contributed by atoms with Crippen LogP contribution in [0.3, 0.4) is 0 Å². The maximum absolute atomic E-state index is 13.3. The summed E-state index contributed by atoms with van der Waals surface area (Å²) in [5.41, 5.74) is 2.18. The summed E-state index contributed by atoms with van der Waals surface area (Å²) in [6, 6.07) is 15.4. The third-order valence-electron chi connectivity index (χ3n) is 5.70. The predicted octanol–water partition coefficient (Wildman–Crippen LogP) is 5.61. The highest BCUT2D eigenvalue weighted by molar-refractivity contribution is 8.00. The zero-order chi connectivity index (χ0) is 22.2. The van der Waals surface area contributed by atoms with Gasteiger partial charge in [-0.1, -0.05) is 61.2 Å². The molecule has 1 aliphatic carbocycles. The molecule has 2 aromatic rings. The van der Waals surface area contributed by atoms with Gasteiger partial charge in [0, 0.05) is 22.5 Å². The van der Waals surface area contributed by atoms with Crippen molar-refractivity contribution in [3.05, 3.63) is 64.7 Å². The number of nitrogens with one attached hydrogen (secondary N) is 1. The van der Waals surface area contributed by atoms with Crippen molar-refractivity contribution in [2.24, 2.45) is 0 Å². The SMILES string of the molecule is CC[C@H](C(=O)NC1CCCC1)N(Cc1cccc(C)c1)C(=O)CSc1ccc(Cl)cc1. The first-order chi connectivity index (χ1) is 15.0. The summed E-state index contributed by atoms with van der Waals surface area (Å²) in [6.07, 6.45) is 4.96. The van der Waals surface area contributed by atoms with E-state index in [1.807, 2.05) is 56.3 Å². The average molecular weight is 459 g/mol. The van der Waals surface area contributed by atoms with Crippen LogP contribution in [0.5, 0.6) is 0 Å². The number of carbonyl (C=O) groups is 2. The van der Waals surface area contributed by atoms with E-state index in [9.17, 15) is 9.59 Å². The Morgan fingerprint density at radius 2 is 1.87 bits per heavy atom. The molecule has 6 heteroatoms. The Kier molecular flexibility index (Phi) is 8.85. The van der Waals surface area contributed by atoms with Crippen LogP contribution >= 0.6 is 23.4 Å². The number of aryl methyl sites for hydroxylation is 1. The Morgan fingerprint density at radius 3 is 2.52 bits per heavy atom. The van der Waals surface area contributed by atoms with Gasteiger partial charge in [0.15, 0.2) is 0 Å². The molecule has 1 fully saturated rings. The van der Waals surface area contributed by atoms with Gasteiger partial charge in [-0.25, -0.2) is 0 Å². The lowest BCUT2D eigenvalue weighted by molar-refractivity contribution is -0.139. The molecule has 1 atom stereocenters. The number of hydrogen-bond acceptors (Lipinski definition) is 3. The smallest absolute Gasteiger partial charge is 0.243 e. The van der Waals surface area contributed by atoms with Gasteiger partial charge in [-0.05, 0) is 56.0 Å². The fourth-order valence-corrected chi connectivity index (χ4v) is 4.96. The van der Waals surface area contributed by atoms with Gasteiger partial charge >= 0.3 is 0 Å². The number of amides is 2. The Hall–Kier alpha value is -1.98. The van der Waals surface area contributed by atoms with Gasteiger partial charge in [0.25, 0.3) is 0 Å². The van der Waals surface area contributed by atoms with Gasteiger partial charge in [-0.3, -0.25) is 9.59 Å². The lowest BCUT2D eigenvalue weighted by atomic mass is 10.1. The molecule has 0 spiro atoms. The van der Waals surface area contributed by atoms with Crippen LogP contribution in [0, 0.1) is 6.92 Å². The van der Waals surface area contributed by atoms with E-state index in [2.05, 4.69) is 11.4 Å². The molecule has 2 amide bonds. The Bertz CT molecular complexity index is 881. The number of carbonyl (C=O) groups excluding carboxylic acids is 2. The molecule has 0 heterocycles. The van der Waals surface area contributed by atoms with Crippen molar-refractivity contribution in [3.8, 4) is 0 Å². The van der Waals surface area contributed by atoms with Crippen molar-refractivity contribution in [1.29, 1.82) is 0 Å². The van der Waals surface area contributed by atoms with Crippen molar-refractivity contribution >= 4 is 35.2 Å². The largest absolute Gasteiger partial charge is 0.352 e. The van der Waals surface area contributed by atoms with E-state index in [0.29, 0.717) is 18.0 Å². The second kappa shape index (κ2) is 11.6. The molecule has 0 aromatic heterocycles. The average Bonchev–Trinajstić information content (AvgIpc) is 3.26. The molecule has 0 bridgehead atoms. The summed E-state index contributed by atoms with van der Waals surface area (Å²) in [6.45, 7) is 4.44. The van der Waals surface area contributed by atoms with E-state index in [1.165, 1.54) is 11.8 Å². The van der Waals surface area contributed by atoms with E-state index in [4.69, 9.17) is 11.6 Å². The van der Waals surface area contributed by atoms with E-state index >= 15 is 0 Å². The van der Waals surface area contributed by atoms with Gasteiger partial charge in [0.1, 0.15) is 6.04 Å². The summed E-state index contributed by atoms with van der Waals surface area (Å²) < 4.78 is 0. The van der Waals surface area contributed by atoms with Crippen LogP contribution in [-0.4, -0.2) is 34.6 Å². The zero-order valence-corrected chi connectivity index (χ0v) is 19.8. The molecule has 1 saturated carbocycles. The van der Waals surface area contributed by atoms with Crippen molar-refractivity contribution in [2.45, 2.75) is 69.5 Å². The van der Waals surface area contributed by atoms with Crippen LogP contribution < -0.4 is 5.32 Å². The standard InChI is InChI=1S/C25H31ClN2O2S/c1-3-23(25(30)27-21-9-4-5-10-21)28(16-19-8-6-7-18(2)15-19)24(29)17-31-22-13-11-20(26)12-14-22/h6-8,11-15,21,23H,3-5,9-10,16-17H2,1-2H3,(H,27,30)/t23-/m1/s1. The molecular formula is C25H31ClN2O2S. The third-order valence-corrected chi connectivity index (χ3v) is 6.95. The lowest BCUT2D eigenvalue weighted by Crippen LogP contribution is -2.51. The number of hydrogen-bond donors (Lipinski definition) is 1. The molecule has 1 N–H and O–H groups in total. The van der Waals surface area contributed by atoms with Crippen LogP contribution in [0.1, 0.15) is 50.2 Å². The first-order valence-corrected chi connectivity index (χ1v) is 12.4. The minimum Gasteiger partial charge on any atom is -0.352 e. The Balaban J connectivity index is 1.75. The van der Waals surface area contributed by atoms with Crippen LogP contribution in [0.4, 0.5) is 0 Å². The van der Waals surface area contributed by atoms with Crippen molar-refractivity contribution < 1.29 is 9.59 Å². The van der Waals surface area contributed by atoms with Crippen molar-refractivity contribution in [2.75, 3.05) is 5.75 Å². The monoisotopic (exact) mass is 458 g/mol. The van der Waals surface area contributed by atoms with Gasteiger partial charge in [0.2, 0.25) is 11.8 Å². The highest BCUT2D eigenvalue weighted by Gasteiger charge is 2.30. The first-order valence-electron chi connectivity index (χ1n) is 11.0. The summed E-state index contributed by atoms with van der Waals surface area (Å²) in [7, 11) is 0. The molecule has 2 aromatic carbocycles. The summed E-state index contributed by atoms with van der Waals surface area (Å²) in [5.74, 6) is 0.211. The molecule has 31 heavy (non-hydrogen) atoms. The first kappa shape index (κ1) is 23.7. The van der Waals surface area contributed by atoms with E-state index in [0.717, 1.165) is 41.7 Å². The molecule has 1 aliphatic rings. The van der Waals surface area contributed by atoms with E-state index < -0.39 is 6.04 Å². The number of rotatable bonds is 9. The molecule has 3 rings (SSSR count). The number of nitrogens with zero attached hydrogens (tertiary/aromatic N) is 1. The van der Waals surface area contributed by atoms with Crippen LogP contribution in [0.25, 0.3) is 0 Å². The molecule has 166 valence electrons. The highest BCUT2D eigenvalue weighted by atomic mass is 35.5. The van der Waals surface area contributed by atoms with E-state index in [1.54, 1.807) is 4.90 Å². The zero-order valence-electron chi connectivity index (χ0n) is 18.3. The minimum absolute atomic E-state index is 0.0325. The molecule has 0 radical (unpaired) electrons. The van der Waals surface area contributed by atoms with Gasteiger partial charge in [0.05, 0.1) is 5.75 Å². The number of thioether (sulfide) groups is 1.